The molecule has 6 nitrogen and oxygen atoms in total. The van der Waals surface area contributed by atoms with Crippen molar-refractivity contribution >= 4 is 5.96 Å². The number of nitrogens with zero attached hydrogens (tertiary/aromatic N) is 2. The van der Waals surface area contributed by atoms with Gasteiger partial charge in [0.1, 0.15) is 0 Å². The molecular formula is C20H25F3N4O2. The lowest BCUT2D eigenvalue weighted by atomic mass is 10.0. The molecule has 0 fully saturated rings. The highest BCUT2D eigenvalue weighted by molar-refractivity contribution is 5.79. The molecule has 0 aliphatic carbocycles. The third-order valence-electron chi connectivity index (χ3n) is 3.95. The van der Waals surface area contributed by atoms with Gasteiger partial charge in [-0.1, -0.05) is 36.4 Å². The van der Waals surface area contributed by atoms with Crippen molar-refractivity contribution in [3.63, 3.8) is 0 Å². The molecule has 1 atom stereocenters. The van der Waals surface area contributed by atoms with E-state index in [1.807, 2.05) is 37.3 Å². The van der Waals surface area contributed by atoms with E-state index in [1.54, 1.807) is 6.07 Å². The van der Waals surface area contributed by atoms with E-state index in [0.717, 1.165) is 11.1 Å². The number of ether oxygens (including phenoxy) is 1. The van der Waals surface area contributed by atoms with Crippen LogP contribution in [-0.2, 0) is 6.54 Å². The molecule has 0 bridgehead atoms. The Labute approximate surface area is 167 Å². The van der Waals surface area contributed by atoms with Crippen LogP contribution in [0.25, 0.3) is 0 Å². The monoisotopic (exact) mass is 410 g/mol. The van der Waals surface area contributed by atoms with Crippen LogP contribution in [0, 0.1) is 0 Å². The van der Waals surface area contributed by atoms with E-state index in [9.17, 15) is 18.3 Å². The summed E-state index contributed by atoms with van der Waals surface area (Å²) < 4.78 is 41.1. The zero-order valence-electron chi connectivity index (χ0n) is 16.1. The number of aliphatic imine (C=N–C) groups is 1. The van der Waals surface area contributed by atoms with Crippen LogP contribution in [0.3, 0.4) is 0 Å². The maximum atomic E-state index is 12.2. The fourth-order valence-electron chi connectivity index (χ4n) is 2.49. The van der Waals surface area contributed by atoms with Crippen LogP contribution < -0.4 is 15.4 Å². The lowest BCUT2D eigenvalue weighted by Crippen LogP contribution is -2.39. The van der Waals surface area contributed by atoms with Gasteiger partial charge in [-0.25, -0.2) is 9.98 Å². The van der Waals surface area contributed by atoms with E-state index in [0.29, 0.717) is 19.0 Å². The molecular weight excluding hydrogens is 385 g/mol. The van der Waals surface area contributed by atoms with E-state index >= 15 is 0 Å². The van der Waals surface area contributed by atoms with Crippen molar-refractivity contribution < 1.29 is 23.0 Å². The quantitative estimate of drug-likeness (QED) is 0.438. The fourth-order valence-corrected chi connectivity index (χ4v) is 2.49. The lowest BCUT2D eigenvalue weighted by Gasteiger charge is -2.18. The van der Waals surface area contributed by atoms with Crippen molar-refractivity contribution in [3.8, 4) is 5.88 Å². The van der Waals surface area contributed by atoms with E-state index < -0.39 is 12.8 Å². The number of benzene rings is 1. The van der Waals surface area contributed by atoms with Crippen LogP contribution in [0.15, 0.2) is 53.7 Å². The average molecular weight is 410 g/mol. The van der Waals surface area contributed by atoms with Crippen LogP contribution in [0.5, 0.6) is 5.88 Å². The van der Waals surface area contributed by atoms with E-state index in [4.69, 9.17) is 0 Å². The number of halogens is 3. The predicted octanol–water partition coefficient (Wildman–Crippen LogP) is 2.85. The van der Waals surface area contributed by atoms with Gasteiger partial charge < -0.3 is 20.5 Å². The minimum absolute atomic E-state index is 0.000272. The minimum atomic E-state index is -4.40. The molecule has 0 spiro atoms. The first-order chi connectivity index (χ1) is 13.9. The molecule has 9 heteroatoms. The topological polar surface area (TPSA) is 78.8 Å². The van der Waals surface area contributed by atoms with Gasteiger partial charge in [0, 0.05) is 31.3 Å². The lowest BCUT2D eigenvalue weighted by molar-refractivity contribution is -0.154. The zero-order chi connectivity index (χ0) is 21.1. The maximum absolute atomic E-state index is 12.2. The molecule has 2 rings (SSSR count). The molecule has 2 aromatic rings. The Morgan fingerprint density at radius 3 is 2.52 bits per heavy atom. The number of nitrogens with one attached hydrogen (secondary N) is 2. The summed E-state index contributed by atoms with van der Waals surface area (Å²) in [7, 11) is 0. The largest absolute Gasteiger partial charge is 0.468 e. The number of rotatable bonds is 9. The fraction of sp³-hybridized carbons (Fsp3) is 0.400. The first-order valence-electron chi connectivity index (χ1n) is 9.23. The molecule has 3 N–H and O–H groups in total. The van der Waals surface area contributed by atoms with Crippen molar-refractivity contribution in [2.45, 2.75) is 25.6 Å². The highest BCUT2D eigenvalue weighted by Crippen LogP contribution is 2.17. The van der Waals surface area contributed by atoms with Crippen LogP contribution in [-0.4, -0.2) is 48.5 Å². The standard InChI is InChI=1S/C20H25F3N4O2/c1-2-24-19(27-12-17(13-28)16-6-4-3-5-7-16)26-11-15-8-9-18(25-10-15)29-14-20(21,22)23/h3-10,17,28H,2,11-14H2,1H3,(H2,24,26,27). The normalized spacial score (nSPS) is 13.1. The van der Waals surface area contributed by atoms with Gasteiger partial charge in [-0.15, -0.1) is 0 Å². The Kier molecular flexibility index (Phi) is 8.72. The number of aromatic nitrogens is 1. The number of guanidine groups is 1. The van der Waals surface area contributed by atoms with E-state index in [1.165, 1.54) is 12.3 Å². The van der Waals surface area contributed by atoms with Gasteiger partial charge in [0.15, 0.2) is 12.6 Å². The highest BCUT2D eigenvalue weighted by atomic mass is 19.4. The highest BCUT2D eigenvalue weighted by Gasteiger charge is 2.28. The Bertz CT molecular complexity index is 753. The summed E-state index contributed by atoms with van der Waals surface area (Å²) in [6, 6.07) is 12.7. The minimum Gasteiger partial charge on any atom is -0.468 e. The maximum Gasteiger partial charge on any atom is 0.422 e. The van der Waals surface area contributed by atoms with Crippen LogP contribution >= 0.6 is 0 Å². The molecule has 1 heterocycles. The summed E-state index contributed by atoms with van der Waals surface area (Å²) in [5, 5.41) is 16.0. The second-order valence-corrected chi connectivity index (χ2v) is 6.27. The molecule has 0 saturated heterocycles. The second kappa shape index (κ2) is 11.3. The Morgan fingerprint density at radius 2 is 1.93 bits per heavy atom. The first kappa shape index (κ1) is 22.5. The molecule has 0 amide bonds. The smallest absolute Gasteiger partial charge is 0.422 e. The Hall–Kier alpha value is -2.81. The molecule has 1 aromatic carbocycles. The van der Waals surface area contributed by atoms with Crippen molar-refractivity contribution in [1.29, 1.82) is 0 Å². The number of hydrogen-bond acceptors (Lipinski definition) is 4. The van der Waals surface area contributed by atoms with Gasteiger partial charge in [-0.05, 0) is 18.1 Å². The Morgan fingerprint density at radius 1 is 1.17 bits per heavy atom. The van der Waals surface area contributed by atoms with Crippen molar-refractivity contribution in [3.05, 3.63) is 59.8 Å². The zero-order valence-corrected chi connectivity index (χ0v) is 16.1. The summed E-state index contributed by atoms with van der Waals surface area (Å²) in [4.78, 5) is 8.32. The average Bonchev–Trinajstić information content (AvgIpc) is 2.72. The molecule has 1 aromatic heterocycles. The number of aliphatic hydroxyl groups is 1. The number of hydrogen-bond donors (Lipinski definition) is 3. The van der Waals surface area contributed by atoms with E-state index in [2.05, 4.69) is 25.3 Å². The molecule has 158 valence electrons. The van der Waals surface area contributed by atoms with Crippen molar-refractivity contribution in [2.24, 2.45) is 4.99 Å². The summed E-state index contributed by atoms with van der Waals surface area (Å²) in [5.41, 5.74) is 1.75. The molecule has 0 radical (unpaired) electrons. The summed E-state index contributed by atoms with van der Waals surface area (Å²) >= 11 is 0. The van der Waals surface area contributed by atoms with E-state index in [-0.39, 0.29) is 24.9 Å². The van der Waals surface area contributed by atoms with Gasteiger partial charge in [-0.2, -0.15) is 13.2 Å². The molecule has 0 aliphatic rings. The molecule has 0 saturated carbocycles. The SMILES string of the molecule is CCNC(=NCc1ccc(OCC(F)(F)F)nc1)NCC(CO)c1ccccc1. The van der Waals surface area contributed by atoms with Crippen LogP contribution in [0.1, 0.15) is 24.0 Å². The van der Waals surface area contributed by atoms with Gasteiger partial charge in [0.25, 0.3) is 0 Å². The Balaban J connectivity index is 1.92. The predicted molar refractivity (Wildman–Crippen MR) is 105 cm³/mol. The third kappa shape index (κ3) is 8.39. The van der Waals surface area contributed by atoms with Crippen LogP contribution in [0.2, 0.25) is 0 Å². The van der Waals surface area contributed by atoms with Crippen molar-refractivity contribution in [2.75, 3.05) is 26.3 Å². The summed E-state index contributed by atoms with van der Waals surface area (Å²) in [6.07, 6.45) is -2.97. The number of pyridine rings is 1. The number of alkyl halides is 3. The molecule has 29 heavy (non-hydrogen) atoms. The van der Waals surface area contributed by atoms with Gasteiger partial charge in [0.05, 0.1) is 13.2 Å². The van der Waals surface area contributed by atoms with Gasteiger partial charge in [-0.3, -0.25) is 0 Å². The second-order valence-electron chi connectivity index (χ2n) is 6.27. The van der Waals surface area contributed by atoms with Gasteiger partial charge >= 0.3 is 6.18 Å². The first-order valence-corrected chi connectivity index (χ1v) is 9.23. The summed E-state index contributed by atoms with van der Waals surface area (Å²) in [6.45, 7) is 2.00. The van der Waals surface area contributed by atoms with Gasteiger partial charge in [0.2, 0.25) is 5.88 Å². The van der Waals surface area contributed by atoms with Crippen molar-refractivity contribution in [1.82, 2.24) is 15.6 Å². The third-order valence-corrected chi connectivity index (χ3v) is 3.95. The molecule has 1 unspecified atom stereocenters. The van der Waals surface area contributed by atoms with Crippen LogP contribution in [0.4, 0.5) is 13.2 Å². The summed E-state index contributed by atoms with van der Waals surface area (Å²) in [5.74, 6) is 0.403. The molecule has 0 aliphatic heterocycles. The number of aliphatic hydroxyl groups excluding tert-OH is 1.